The number of amidine groups is 1. The van der Waals surface area contributed by atoms with Crippen LogP contribution in [-0.2, 0) is 11.3 Å². The molecule has 5 nitrogen and oxygen atoms in total. The lowest BCUT2D eigenvalue weighted by molar-refractivity contribution is -0.139. The van der Waals surface area contributed by atoms with E-state index in [4.69, 9.17) is 10.9 Å². The van der Waals surface area contributed by atoms with Gasteiger partial charge in [-0.3, -0.25) is 4.79 Å². The molecule has 0 atom stereocenters. The summed E-state index contributed by atoms with van der Waals surface area (Å²) in [5.41, 5.74) is 5.03. The number of nitrogens with zero attached hydrogens (tertiary/aromatic N) is 2. The second-order valence-electron chi connectivity index (χ2n) is 5.37. The Morgan fingerprint density at radius 1 is 1.50 bits per heavy atom. The first kappa shape index (κ1) is 14.8. The molecule has 1 aliphatic carbocycles. The van der Waals surface area contributed by atoms with Crippen LogP contribution >= 0.6 is 11.3 Å². The molecule has 1 fully saturated rings. The minimum absolute atomic E-state index is 0.0408. The SMILES string of the molecule is CN(Cc1cccs1)C(=O)C1(C(N)=NO)CCCCC1. The lowest BCUT2D eigenvalue weighted by Crippen LogP contribution is -2.51. The third-order valence-corrected chi connectivity index (χ3v) is 4.90. The molecule has 0 spiro atoms. The molecule has 1 aromatic heterocycles. The van der Waals surface area contributed by atoms with Crippen molar-refractivity contribution in [3.8, 4) is 0 Å². The van der Waals surface area contributed by atoms with Gasteiger partial charge in [-0.25, -0.2) is 0 Å². The maximum absolute atomic E-state index is 12.8. The van der Waals surface area contributed by atoms with Gasteiger partial charge in [0.15, 0.2) is 5.84 Å². The van der Waals surface area contributed by atoms with Crippen LogP contribution in [0, 0.1) is 5.41 Å². The predicted molar refractivity (Wildman–Crippen MR) is 79.7 cm³/mol. The summed E-state index contributed by atoms with van der Waals surface area (Å²) >= 11 is 1.62. The van der Waals surface area contributed by atoms with Crippen LogP contribution in [-0.4, -0.2) is 28.9 Å². The van der Waals surface area contributed by atoms with Gasteiger partial charge in [-0.15, -0.1) is 11.3 Å². The summed E-state index contributed by atoms with van der Waals surface area (Å²) in [5.74, 6) is 0.0149. The van der Waals surface area contributed by atoms with Crippen molar-refractivity contribution < 1.29 is 10.0 Å². The molecule has 0 bridgehead atoms. The zero-order chi connectivity index (χ0) is 14.6. The second kappa shape index (κ2) is 6.26. The third-order valence-electron chi connectivity index (χ3n) is 4.03. The number of carbonyl (C=O) groups is 1. The van der Waals surface area contributed by atoms with Gasteiger partial charge >= 0.3 is 0 Å². The first-order valence-corrected chi connectivity index (χ1v) is 7.74. The molecular formula is C14H21N3O2S. The van der Waals surface area contributed by atoms with Crippen molar-refractivity contribution in [2.24, 2.45) is 16.3 Å². The standard InChI is InChI=1S/C14H21N3O2S/c1-17(10-11-6-5-9-20-11)13(18)14(12(15)16-19)7-3-2-4-8-14/h5-6,9,19H,2-4,7-8,10H2,1H3,(H2,15,16). The molecule has 0 aromatic carbocycles. The lowest BCUT2D eigenvalue weighted by atomic mass is 9.72. The van der Waals surface area contributed by atoms with E-state index in [1.807, 2.05) is 17.5 Å². The van der Waals surface area contributed by atoms with Gasteiger partial charge in [0, 0.05) is 11.9 Å². The number of hydrogen-bond donors (Lipinski definition) is 2. The van der Waals surface area contributed by atoms with Crippen LogP contribution in [0.2, 0.25) is 0 Å². The third kappa shape index (κ3) is 2.80. The van der Waals surface area contributed by atoms with Crippen LogP contribution in [0.4, 0.5) is 0 Å². The van der Waals surface area contributed by atoms with Crippen molar-refractivity contribution in [3.63, 3.8) is 0 Å². The second-order valence-corrected chi connectivity index (χ2v) is 6.40. The Hall–Kier alpha value is -1.56. The average Bonchev–Trinajstić information content (AvgIpc) is 2.99. The molecule has 0 aliphatic heterocycles. The molecule has 1 heterocycles. The molecule has 1 amide bonds. The minimum Gasteiger partial charge on any atom is -0.409 e. The van der Waals surface area contributed by atoms with E-state index >= 15 is 0 Å². The Morgan fingerprint density at radius 3 is 2.75 bits per heavy atom. The summed E-state index contributed by atoms with van der Waals surface area (Å²) in [6.07, 6.45) is 4.30. The lowest BCUT2D eigenvalue weighted by Gasteiger charge is -2.37. The first-order valence-electron chi connectivity index (χ1n) is 6.86. The van der Waals surface area contributed by atoms with E-state index in [2.05, 4.69) is 5.16 Å². The van der Waals surface area contributed by atoms with E-state index in [-0.39, 0.29) is 11.7 Å². The van der Waals surface area contributed by atoms with E-state index in [9.17, 15) is 4.79 Å². The van der Waals surface area contributed by atoms with Crippen molar-refractivity contribution in [2.45, 2.75) is 38.6 Å². The Bertz CT molecular complexity index is 479. The minimum atomic E-state index is -0.820. The molecule has 20 heavy (non-hydrogen) atoms. The van der Waals surface area contributed by atoms with E-state index in [1.165, 1.54) is 0 Å². The topological polar surface area (TPSA) is 78.9 Å². The fraction of sp³-hybridized carbons (Fsp3) is 0.571. The van der Waals surface area contributed by atoms with Crippen LogP contribution in [0.15, 0.2) is 22.7 Å². The molecule has 110 valence electrons. The van der Waals surface area contributed by atoms with E-state index in [0.717, 1.165) is 24.1 Å². The molecule has 1 aromatic rings. The molecule has 2 rings (SSSR count). The van der Waals surface area contributed by atoms with Gasteiger partial charge in [-0.2, -0.15) is 0 Å². The fourth-order valence-corrected chi connectivity index (χ4v) is 3.66. The van der Waals surface area contributed by atoms with Crippen LogP contribution < -0.4 is 5.73 Å². The van der Waals surface area contributed by atoms with Gasteiger partial charge in [-0.05, 0) is 24.3 Å². The number of oxime groups is 1. The fourth-order valence-electron chi connectivity index (χ4n) is 2.90. The van der Waals surface area contributed by atoms with Gasteiger partial charge in [0.1, 0.15) is 5.41 Å². The molecule has 0 radical (unpaired) electrons. The van der Waals surface area contributed by atoms with Crippen molar-refractivity contribution in [2.75, 3.05) is 7.05 Å². The summed E-state index contributed by atoms with van der Waals surface area (Å²) in [7, 11) is 1.78. The summed E-state index contributed by atoms with van der Waals surface area (Å²) < 4.78 is 0. The van der Waals surface area contributed by atoms with E-state index in [0.29, 0.717) is 19.4 Å². The molecule has 0 unspecified atom stereocenters. The van der Waals surface area contributed by atoms with E-state index in [1.54, 1.807) is 23.3 Å². The smallest absolute Gasteiger partial charge is 0.236 e. The van der Waals surface area contributed by atoms with Crippen LogP contribution in [0.3, 0.4) is 0 Å². The normalized spacial score (nSPS) is 18.8. The highest BCUT2D eigenvalue weighted by Gasteiger charge is 2.45. The molecular weight excluding hydrogens is 274 g/mol. The summed E-state index contributed by atoms with van der Waals surface area (Å²) in [5, 5.41) is 14.2. The van der Waals surface area contributed by atoms with Crippen LogP contribution in [0.25, 0.3) is 0 Å². The van der Waals surface area contributed by atoms with Gasteiger partial charge in [-0.1, -0.05) is 30.5 Å². The summed E-state index contributed by atoms with van der Waals surface area (Å²) in [6, 6.07) is 3.98. The van der Waals surface area contributed by atoms with Gasteiger partial charge in [0.05, 0.1) is 6.54 Å². The van der Waals surface area contributed by atoms with Gasteiger partial charge in [0.2, 0.25) is 5.91 Å². The predicted octanol–water partition coefficient (Wildman–Crippen LogP) is 2.40. The number of hydrogen-bond acceptors (Lipinski definition) is 4. The highest BCUT2D eigenvalue weighted by Crippen LogP contribution is 2.38. The van der Waals surface area contributed by atoms with Crippen LogP contribution in [0.1, 0.15) is 37.0 Å². The average molecular weight is 295 g/mol. The number of amides is 1. The van der Waals surface area contributed by atoms with Gasteiger partial charge < -0.3 is 15.8 Å². The maximum atomic E-state index is 12.8. The van der Waals surface area contributed by atoms with Crippen molar-refractivity contribution in [1.29, 1.82) is 0 Å². The summed E-state index contributed by atoms with van der Waals surface area (Å²) in [6.45, 7) is 0.566. The maximum Gasteiger partial charge on any atom is 0.236 e. The first-order chi connectivity index (χ1) is 9.60. The Labute approximate surface area is 123 Å². The Balaban J connectivity index is 2.18. The largest absolute Gasteiger partial charge is 0.409 e. The zero-order valence-electron chi connectivity index (χ0n) is 11.7. The zero-order valence-corrected chi connectivity index (χ0v) is 12.5. The molecule has 6 heteroatoms. The van der Waals surface area contributed by atoms with Crippen molar-refractivity contribution in [1.82, 2.24) is 4.90 Å². The molecule has 1 saturated carbocycles. The van der Waals surface area contributed by atoms with Crippen molar-refractivity contribution >= 4 is 23.1 Å². The Kier molecular flexibility index (Phi) is 4.65. The van der Waals surface area contributed by atoms with Crippen molar-refractivity contribution in [3.05, 3.63) is 22.4 Å². The number of carbonyl (C=O) groups excluding carboxylic acids is 1. The quantitative estimate of drug-likeness (QED) is 0.387. The highest BCUT2D eigenvalue weighted by molar-refractivity contribution is 7.09. The number of thiophene rings is 1. The number of nitrogens with two attached hydrogens (primary N) is 1. The number of rotatable bonds is 4. The molecule has 0 saturated heterocycles. The molecule has 3 N–H and O–H groups in total. The van der Waals surface area contributed by atoms with E-state index < -0.39 is 5.41 Å². The highest BCUT2D eigenvalue weighted by atomic mass is 32.1. The van der Waals surface area contributed by atoms with Crippen LogP contribution in [0.5, 0.6) is 0 Å². The monoisotopic (exact) mass is 295 g/mol. The molecule has 1 aliphatic rings. The van der Waals surface area contributed by atoms with Gasteiger partial charge in [0.25, 0.3) is 0 Å². The Morgan fingerprint density at radius 2 is 2.20 bits per heavy atom. The summed E-state index contributed by atoms with van der Waals surface area (Å²) in [4.78, 5) is 15.6.